The summed E-state index contributed by atoms with van der Waals surface area (Å²) in [6, 6.07) is 5.47. The molecule has 106 valence electrons. The lowest BCUT2D eigenvalue weighted by molar-refractivity contribution is -0.131. The third-order valence-corrected chi connectivity index (χ3v) is 3.87. The molecule has 1 saturated carbocycles. The normalized spacial score (nSPS) is 21.9. The molecule has 3 rings (SSSR count). The predicted molar refractivity (Wildman–Crippen MR) is 71.6 cm³/mol. The molecule has 2 aliphatic rings. The summed E-state index contributed by atoms with van der Waals surface area (Å²) < 4.78 is 12.8. The number of nitrogens with zero attached hydrogens (tertiary/aromatic N) is 1. The highest BCUT2D eigenvalue weighted by molar-refractivity contribution is 5.94. The van der Waals surface area contributed by atoms with E-state index in [1.807, 2.05) is 4.90 Å². The summed E-state index contributed by atoms with van der Waals surface area (Å²) in [5.74, 6) is -0.121. The number of amides is 2. The van der Waals surface area contributed by atoms with Crippen molar-refractivity contribution < 1.29 is 14.0 Å². The number of hydrogen-bond acceptors (Lipinski definition) is 2. The molecule has 1 N–H and O–H groups in total. The molecule has 0 bridgehead atoms. The molecule has 1 aromatic rings. The zero-order valence-electron chi connectivity index (χ0n) is 11.1. The van der Waals surface area contributed by atoms with E-state index in [9.17, 15) is 14.0 Å². The van der Waals surface area contributed by atoms with E-state index in [4.69, 9.17) is 0 Å². The van der Waals surface area contributed by atoms with Gasteiger partial charge in [-0.1, -0.05) is 0 Å². The topological polar surface area (TPSA) is 49.4 Å². The van der Waals surface area contributed by atoms with Crippen LogP contribution in [0.5, 0.6) is 0 Å². The van der Waals surface area contributed by atoms with E-state index >= 15 is 0 Å². The molecular weight excluding hydrogens is 259 g/mol. The molecule has 1 heterocycles. The van der Waals surface area contributed by atoms with Crippen LogP contribution in [-0.2, 0) is 4.79 Å². The monoisotopic (exact) mass is 276 g/mol. The molecule has 4 nitrogen and oxygen atoms in total. The molecule has 1 atom stereocenters. The number of rotatable bonds is 3. The lowest BCUT2D eigenvalue weighted by atomic mass is 10.2. The van der Waals surface area contributed by atoms with Gasteiger partial charge in [0.15, 0.2) is 0 Å². The molecule has 1 saturated heterocycles. The van der Waals surface area contributed by atoms with Crippen LogP contribution in [0.1, 0.15) is 29.6 Å². The smallest absolute Gasteiger partial charge is 0.251 e. The third kappa shape index (κ3) is 2.81. The Kier molecular flexibility index (Phi) is 3.42. The molecule has 1 aliphatic heterocycles. The quantitative estimate of drug-likeness (QED) is 0.911. The summed E-state index contributed by atoms with van der Waals surface area (Å²) >= 11 is 0. The summed E-state index contributed by atoms with van der Waals surface area (Å²) in [5, 5.41) is 2.90. The average Bonchev–Trinajstić information content (AvgIpc) is 3.19. The van der Waals surface area contributed by atoms with E-state index in [1.165, 1.54) is 24.3 Å². The zero-order valence-corrected chi connectivity index (χ0v) is 11.1. The van der Waals surface area contributed by atoms with Crippen LogP contribution >= 0.6 is 0 Å². The van der Waals surface area contributed by atoms with Crippen LogP contribution in [0.4, 0.5) is 4.39 Å². The van der Waals surface area contributed by atoms with Crippen molar-refractivity contribution in [3.8, 4) is 0 Å². The van der Waals surface area contributed by atoms with Crippen molar-refractivity contribution in [3.63, 3.8) is 0 Å². The highest BCUT2D eigenvalue weighted by atomic mass is 19.1. The van der Waals surface area contributed by atoms with Gasteiger partial charge in [0.25, 0.3) is 5.91 Å². The van der Waals surface area contributed by atoms with Gasteiger partial charge < -0.3 is 10.2 Å². The molecular formula is C15H17FN2O2. The van der Waals surface area contributed by atoms with Gasteiger partial charge in [-0.3, -0.25) is 9.59 Å². The molecule has 2 fully saturated rings. The minimum atomic E-state index is -0.358. The summed E-state index contributed by atoms with van der Waals surface area (Å²) in [5.41, 5.74) is 0.443. The number of hydrogen-bond donors (Lipinski definition) is 1. The van der Waals surface area contributed by atoms with E-state index in [-0.39, 0.29) is 29.6 Å². The maximum Gasteiger partial charge on any atom is 0.251 e. The Hall–Kier alpha value is -1.91. The summed E-state index contributed by atoms with van der Waals surface area (Å²) in [7, 11) is 0. The molecule has 20 heavy (non-hydrogen) atoms. The van der Waals surface area contributed by atoms with Crippen molar-refractivity contribution >= 4 is 11.8 Å². The number of nitrogens with one attached hydrogen (secondary N) is 1. The van der Waals surface area contributed by atoms with Crippen molar-refractivity contribution in [2.24, 2.45) is 5.92 Å². The summed E-state index contributed by atoms with van der Waals surface area (Å²) in [4.78, 5) is 25.8. The second-order valence-electron chi connectivity index (χ2n) is 5.52. The van der Waals surface area contributed by atoms with Crippen molar-refractivity contribution in [2.75, 3.05) is 13.1 Å². The summed E-state index contributed by atoms with van der Waals surface area (Å²) in [6.45, 7) is 1.30. The SMILES string of the molecule is O=C(N[C@H]1CCN(C(=O)C2CC2)C1)c1ccc(F)cc1. The van der Waals surface area contributed by atoms with E-state index in [0.717, 1.165) is 19.3 Å². The van der Waals surface area contributed by atoms with Crippen molar-refractivity contribution in [1.29, 1.82) is 0 Å². The van der Waals surface area contributed by atoms with Crippen molar-refractivity contribution in [2.45, 2.75) is 25.3 Å². The average molecular weight is 276 g/mol. The van der Waals surface area contributed by atoms with Crippen LogP contribution in [0.15, 0.2) is 24.3 Å². The fourth-order valence-electron chi connectivity index (χ4n) is 2.54. The fraction of sp³-hybridized carbons (Fsp3) is 0.467. The van der Waals surface area contributed by atoms with Crippen LogP contribution in [0.25, 0.3) is 0 Å². The number of halogens is 1. The van der Waals surface area contributed by atoms with Crippen LogP contribution in [0, 0.1) is 11.7 Å². The number of likely N-dealkylation sites (tertiary alicyclic amines) is 1. The number of carbonyl (C=O) groups is 2. The first-order valence-corrected chi connectivity index (χ1v) is 6.99. The first-order valence-electron chi connectivity index (χ1n) is 6.99. The second kappa shape index (κ2) is 5.23. The highest BCUT2D eigenvalue weighted by Crippen LogP contribution is 2.32. The molecule has 0 aromatic heterocycles. The minimum absolute atomic E-state index is 0.00440. The van der Waals surface area contributed by atoms with Gasteiger partial charge in [0.1, 0.15) is 5.82 Å². The Bertz CT molecular complexity index is 525. The Morgan fingerprint density at radius 1 is 1.15 bits per heavy atom. The van der Waals surface area contributed by atoms with Gasteiger partial charge in [-0.15, -0.1) is 0 Å². The van der Waals surface area contributed by atoms with Gasteiger partial charge in [0.05, 0.1) is 0 Å². The molecule has 0 radical (unpaired) electrons. The summed E-state index contributed by atoms with van der Waals surface area (Å²) in [6.07, 6.45) is 2.79. The van der Waals surface area contributed by atoms with Crippen molar-refractivity contribution in [1.82, 2.24) is 10.2 Å². The fourth-order valence-corrected chi connectivity index (χ4v) is 2.54. The number of carbonyl (C=O) groups excluding carboxylic acids is 2. The Labute approximate surface area is 117 Å². The maximum atomic E-state index is 12.8. The van der Waals surface area contributed by atoms with E-state index in [1.54, 1.807) is 0 Å². The highest BCUT2D eigenvalue weighted by Gasteiger charge is 2.36. The Morgan fingerprint density at radius 2 is 1.85 bits per heavy atom. The lowest BCUT2D eigenvalue weighted by Crippen LogP contribution is -2.38. The number of benzene rings is 1. The predicted octanol–water partition coefficient (Wildman–Crippen LogP) is 1.57. The van der Waals surface area contributed by atoms with Gasteiger partial charge in [-0.25, -0.2) is 4.39 Å². The molecule has 2 amide bonds. The van der Waals surface area contributed by atoms with Gasteiger partial charge in [-0.05, 0) is 43.5 Å². The molecule has 5 heteroatoms. The Morgan fingerprint density at radius 3 is 2.50 bits per heavy atom. The van der Waals surface area contributed by atoms with Crippen LogP contribution in [0.2, 0.25) is 0 Å². The molecule has 1 aliphatic carbocycles. The molecule has 0 spiro atoms. The van der Waals surface area contributed by atoms with Gasteiger partial charge >= 0.3 is 0 Å². The minimum Gasteiger partial charge on any atom is -0.347 e. The molecule has 1 aromatic carbocycles. The third-order valence-electron chi connectivity index (χ3n) is 3.87. The van der Waals surface area contributed by atoms with E-state index < -0.39 is 0 Å². The van der Waals surface area contributed by atoms with Gasteiger partial charge in [0.2, 0.25) is 5.91 Å². The largest absolute Gasteiger partial charge is 0.347 e. The lowest BCUT2D eigenvalue weighted by Gasteiger charge is -2.16. The van der Waals surface area contributed by atoms with Gasteiger partial charge in [-0.2, -0.15) is 0 Å². The van der Waals surface area contributed by atoms with E-state index in [2.05, 4.69) is 5.32 Å². The zero-order chi connectivity index (χ0) is 14.1. The van der Waals surface area contributed by atoms with Crippen LogP contribution in [-0.4, -0.2) is 35.8 Å². The van der Waals surface area contributed by atoms with Crippen LogP contribution in [0.3, 0.4) is 0 Å². The van der Waals surface area contributed by atoms with Gasteiger partial charge in [0, 0.05) is 30.6 Å². The first-order chi connectivity index (χ1) is 9.63. The van der Waals surface area contributed by atoms with E-state index in [0.29, 0.717) is 18.7 Å². The second-order valence-corrected chi connectivity index (χ2v) is 5.52. The maximum absolute atomic E-state index is 12.8. The first kappa shape index (κ1) is 13.1. The molecule has 0 unspecified atom stereocenters. The standard InChI is InChI=1S/C15H17FN2O2/c16-12-5-3-10(4-6-12)14(19)17-13-7-8-18(9-13)15(20)11-1-2-11/h3-6,11,13H,1-2,7-9H2,(H,17,19)/t13-/m0/s1. The van der Waals surface area contributed by atoms with Crippen molar-refractivity contribution in [3.05, 3.63) is 35.6 Å². The Balaban J connectivity index is 1.54. The van der Waals surface area contributed by atoms with Crippen LogP contribution < -0.4 is 5.32 Å².